The number of pyridine rings is 1. The molecule has 0 saturated carbocycles. The zero-order chi connectivity index (χ0) is 18.6. The van der Waals surface area contributed by atoms with E-state index < -0.39 is 10.0 Å². The Morgan fingerprint density at radius 2 is 1.77 bits per heavy atom. The van der Waals surface area contributed by atoms with E-state index >= 15 is 0 Å². The van der Waals surface area contributed by atoms with Gasteiger partial charge in [0.05, 0.1) is 10.5 Å². The van der Waals surface area contributed by atoms with Gasteiger partial charge in [0.25, 0.3) is 5.91 Å². The van der Waals surface area contributed by atoms with Crippen LogP contribution in [0.3, 0.4) is 0 Å². The van der Waals surface area contributed by atoms with Crippen LogP contribution in [0.2, 0.25) is 0 Å². The molecule has 2 aromatic rings. The molecule has 0 atom stereocenters. The van der Waals surface area contributed by atoms with E-state index in [0.29, 0.717) is 18.7 Å². The number of sulfonamides is 1. The molecule has 7 nitrogen and oxygen atoms in total. The van der Waals surface area contributed by atoms with Gasteiger partial charge in [0.1, 0.15) is 0 Å². The van der Waals surface area contributed by atoms with E-state index in [0.717, 1.165) is 31.6 Å². The normalized spacial score (nSPS) is 15.8. The molecule has 8 heteroatoms. The summed E-state index contributed by atoms with van der Waals surface area (Å²) in [7, 11) is -3.64. The first-order chi connectivity index (χ1) is 12.4. The summed E-state index contributed by atoms with van der Waals surface area (Å²) < 4.78 is 22.5. The van der Waals surface area contributed by atoms with Gasteiger partial charge in [0.2, 0.25) is 10.0 Å². The van der Waals surface area contributed by atoms with Gasteiger partial charge < -0.3 is 4.90 Å². The molecule has 138 valence electrons. The van der Waals surface area contributed by atoms with E-state index in [1.807, 2.05) is 4.90 Å². The Morgan fingerprint density at radius 1 is 1.08 bits per heavy atom. The average molecular weight is 374 g/mol. The second kappa shape index (κ2) is 7.94. The van der Waals surface area contributed by atoms with Gasteiger partial charge in [0, 0.05) is 45.1 Å². The van der Waals surface area contributed by atoms with Crippen LogP contribution in [0, 0.1) is 0 Å². The number of hydrogen-bond acceptors (Lipinski definition) is 5. The first-order valence-electron chi connectivity index (χ1n) is 8.47. The molecular weight excluding hydrogens is 352 g/mol. The molecule has 1 aromatic heterocycles. The molecule has 0 radical (unpaired) electrons. The molecule has 1 aliphatic heterocycles. The number of benzene rings is 1. The van der Waals surface area contributed by atoms with Crippen molar-refractivity contribution < 1.29 is 13.2 Å². The van der Waals surface area contributed by atoms with E-state index in [1.165, 1.54) is 12.1 Å². The molecular formula is C18H22N4O3S. The standard InChI is InChI=1S/C18H22N4O3S/c19-26(24,25)17-5-3-15(4-6-17)7-9-21-10-12-22(13-11-21)18(23)16-2-1-8-20-14-16/h1-6,8,14H,7,9-13H2,(H2,19,24,25). The summed E-state index contributed by atoms with van der Waals surface area (Å²) in [6.45, 7) is 3.89. The Balaban J connectivity index is 1.48. The van der Waals surface area contributed by atoms with Crippen LogP contribution in [0.5, 0.6) is 0 Å². The van der Waals surface area contributed by atoms with Crippen molar-refractivity contribution in [1.82, 2.24) is 14.8 Å². The Hall–Kier alpha value is -2.29. The Kier molecular flexibility index (Phi) is 5.65. The van der Waals surface area contributed by atoms with Crippen molar-refractivity contribution in [2.45, 2.75) is 11.3 Å². The molecule has 1 saturated heterocycles. The molecule has 26 heavy (non-hydrogen) atoms. The molecule has 0 aliphatic carbocycles. The van der Waals surface area contributed by atoms with Gasteiger partial charge in [-0.3, -0.25) is 14.7 Å². The Morgan fingerprint density at radius 3 is 2.35 bits per heavy atom. The smallest absolute Gasteiger partial charge is 0.255 e. The lowest BCUT2D eigenvalue weighted by molar-refractivity contribution is 0.0638. The first-order valence-corrected chi connectivity index (χ1v) is 10.0. The summed E-state index contributed by atoms with van der Waals surface area (Å²) in [5.41, 5.74) is 1.68. The number of aromatic nitrogens is 1. The van der Waals surface area contributed by atoms with Crippen LogP contribution in [-0.2, 0) is 16.4 Å². The van der Waals surface area contributed by atoms with Crippen LogP contribution in [0.4, 0.5) is 0 Å². The molecule has 1 aromatic carbocycles. The minimum Gasteiger partial charge on any atom is -0.336 e. The van der Waals surface area contributed by atoms with Crippen LogP contribution >= 0.6 is 0 Å². The predicted octanol–water partition coefficient (Wildman–Crippen LogP) is 0.730. The number of carbonyl (C=O) groups is 1. The first kappa shape index (κ1) is 18.5. The highest BCUT2D eigenvalue weighted by atomic mass is 32.2. The molecule has 0 spiro atoms. The zero-order valence-electron chi connectivity index (χ0n) is 14.4. The zero-order valence-corrected chi connectivity index (χ0v) is 15.2. The SMILES string of the molecule is NS(=O)(=O)c1ccc(CCN2CCN(C(=O)c3cccnc3)CC2)cc1. The number of primary sulfonamides is 1. The van der Waals surface area contributed by atoms with Crippen LogP contribution in [0.1, 0.15) is 15.9 Å². The molecule has 2 heterocycles. The van der Waals surface area contributed by atoms with Gasteiger partial charge in [-0.25, -0.2) is 13.6 Å². The fourth-order valence-electron chi connectivity index (χ4n) is 2.98. The van der Waals surface area contributed by atoms with Gasteiger partial charge in [0.15, 0.2) is 0 Å². The maximum absolute atomic E-state index is 12.4. The van der Waals surface area contributed by atoms with E-state index in [1.54, 1.807) is 36.7 Å². The summed E-state index contributed by atoms with van der Waals surface area (Å²) in [5, 5.41) is 5.11. The number of nitrogens with two attached hydrogens (primary N) is 1. The summed E-state index contributed by atoms with van der Waals surface area (Å²) in [6, 6.07) is 10.2. The van der Waals surface area contributed by atoms with E-state index in [-0.39, 0.29) is 10.8 Å². The molecule has 1 fully saturated rings. The second-order valence-corrected chi connectivity index (χ2v) is 7.88. The van der Waals surface area contributed by atoms with Crippen LogP contribution in [-0.4, -0.2) is 61.8 Å². The van der Waals surface area contributed by atoms with Crippen LogP contribution in [0.15, 0.2) is 53.7 Å². The fraction of sp³-hybridized carbons (Fsp3) is 0.333. The van der Waals surface area contributed by atoms with Gasteiger partial charge in [-0.2, -0.15) is 0 Å². The van der Waals surface area contributed by atoms with E-state index in [9.17, 15) is 13.2 Å². The van der Waals surface area contributed by atoms with E-state index in [4.69, 9.17) is 5.14 Å². The van der Waals surface area contributed by atoms with Crippen molar-refractivity contribution in [3.05, 3.63) is 59.9 Å². The van der Waals surface area contributed by atoms with Crippen molar-refractivity contribution in [2.24, 2.45) is 5.14 Å². The third kappa shape index (κ3) is 4.66. The largest absolute Gasteiger partial charge is 0.336 e. The summed E-state index contributed by atoms with van der Waals surface area (Å²) in [6.07, 6.45) is 4.07. The van der Waals surface area contributed by atoms with Crippen molar-refractivity contribution in [2.75, 3.05) is 32.7 Å². The molecule has 0 bridgehead atoms. The molecule has 2 N–H and O–H groups in total. The van der Waals surface area contributed by atoms with Gasteiger partial charge >= 0.3 is 0 Å². The van der Waals surface area contributed by atoms with Crippen LogP contribution in [0.25, 0.3) is 0 Å². The minimum atomic E-state index is -3.64. The number of piperazine rings is 1. The number of nitrogens with zero attached hydrogens (tertiary/aromatic N) is 3. The van der Waals surface area contributed by atoms with Crippen molar-refractivity contribution >= 4 is 15.9 Å². The van der Waals surface area contributed by atoms with Crippen molar-refractivity contribution in [3.63, 3.8) is 0 Å². The molecule has 1 aliphatic rings. The molecule has 1 amide bonds. The van der Waals surface area contributed by atoms with Gasteiger partial charge in [-0.1, -0.05) is 12.1 Å². The van der Waals surface area contributed by atoms with Crippen LogP contribution < -0.4 is 5.14 Å². The van der Waals surface area contributed by atoms with Crippen molar-refractivity contribution in [1.29, 1.82) is 0 Å². The average Bonchev–Trinajstić information content (AvgIpc) is 2.66. The molecule has 3 rings (SSSR count). The number of rotatable bonds is 5. The Bertz CT molecular complexity index is 846. The quantitative estimate of drug-likeness (QED) is 0.832. The lowest BCUT2D eigenvalue weighted by Gasteiger charge is -2.34. The van der Waals surface area contributed by atoms with Gasteiger partial charge in [-0.05, 0) is 36.2 Å². The maximum Gasteiger partial charge on any atom is 0.255 e. The Labute approximate surface area is 153 Å². The number of hydrogen-bond donors (Lipinski definition) is 1. The lowest BCUT2D eigenvalue weighted by atomic mass is 10.1. The lowest BCUT2D eigenvalue weighted by Crippen LogP contribution is -2.49. The third-order valence-corrected chi connectivity index (χ3v) is 5.47. The molecule has 0 unspecified atom stereocenters. The summed E-state index contributed by atoms with van der Waals surface area (Å²) in [4.78, 5) is 20.7. The topological polar surface area (TPSA) is 96.6 Å². The highest BCUT2D eigenvalue weighted by Crippen LogP contribution is 2.11. The maximum atomic E-state index is 12.4. The highest BCUT2D eigenvalue weighted by molar-refractivity contribution is 7.89. The summed E-state index contributed by atoms with van der Waals surface area (Å²) in [5.74, 6) is 0.0244. The minimum absolute atomic E-state index is 0.0244. The third-order valence-electron chi connectivity index (χ3n) is 4.54. The number of carbonyl (C=O) groups excluding carboxylic acids is 1. The fourth-order valence-corrected chi connectivity index (χ4v) is 3.49. The van der Waals surface area contributed by atoms with E-state index in [2.05, 4.69) is 9.88 Å². The summed E-state index contributed by atoms with van der Waals surface area (Å²) >= 11 is 0. The van der Waals surface area contributed by atoms with Gasteiger partial charge in [-0.15, -0.1) is 0 Å². The highest BCUT2D eigenvalue weighted by Gasteiger charge is 2.22. The second-order valence-electron chi connectivity index (χ2n) is 6.31. The number of amides is 1. The van der Waals surface area contributed by atoms with Crippen molar-refractivity contribution in [3.8, 4) is 0 Å². The predicted molar refractivity (Wildman–Crippen MR) is 98.1 cm³/mol. The monoisotopic (exact) mass is 374 g/mol.